The Labute approximate surface area is 113 Å². The fourth-order valence-corrected chi connectivity index (χ4v) is 1.81. The van der Waals surface area contributed by atoms with Crippen LogP contribution in [0.15, 0.2) is 40.9 Å². The van der Waals surface area contributed by atoms with Crippen LogP contribution in [-0.2, 0) is 6.61 Å². The van der Waals surface area contributed by atoms with Gasteiger partial charge in [0.1, 0.15) is 24.0 Å². The molecule has 0 aliphatic carbocycles. The van der Waals surface area contributed by atoms with Gasteiger partial charge in [-0.3, -0.25) is 0 Å². The van der Waals surface area contributed by atoms with Crippen LogP contribution in [0.25, 0.3) is 0 Å². The first-order valence-electron chi connectivity index (χ1n) is 5.38. The van der Waals surface area contributed by atoms with Gasteiger partial charge in [0.25, 0.3) is 0 Å². The van der Waals surface area contributed by atoms with Crippen LogP contribution in [0.3, 0.4) is 0 Å². The lowest BCUT2D eigenvalue weighted by atomic mass is 10.2. The van der Waals surface area contributed by atoms with Gasteiger partial charge in [-0.15, -0.1) is 0 Å². The molecule has 0 atom stereocenters. The number of hydrogen-bond donors (Lipinski definition) is 0. The normalized spacial score (nSPS) is 10.4. The lowest BCUT2D eigenvalue weighted by Gasteiger charge is -2.08. The summed E-state index contributed by atoms with van der Waals surface area (Å²) in [4.78, 5) is 0. The van der Waals surface area contributed by atoms with Crippen LogP contribution in [0.1, 0.15) is 11.1 Å². The molecule has 18 heavy (non-hydrogen) atoms. The van der Waals surface area contributed by atoms with Gasteiger partial charge in [0.15, 0.2) is 0 Å². The first-order chi connectivity index (χ1) is 8.54. The fourth-order valence-electron chi connectivity index (χ4n) is 1.57. The van der Waals surface area contributed by atoms with Crippen molar-refractivity contribution in [3.05, 3.63) is 63.6 Å². The molecule has 0 unspecified atom stereocenters. The van der Waals surface area contributed by atoms with Crippen LogP contribution in [0.4, 0.5) is 8.78 Å². The van der Waals surface area contributed by atoms with Gasteiger partial charge in [0.2, 0.25) is 0 Å². The summed E-state index contributed by atoms with van der Waals surface area (Å²) in [5.74, 6) is -0.526. The van der Waals surface area contributed by atoms with E-state index in [1.807, 2.05) is 19.1 Å². The molecule has 1 nitrogen and oxygen atoms in total. The Hall–Kier alpha value is -1.42. The number of hydrogen-bond acceptors (Lipinski definition) is 1. The van der Waals surface area contributed by atoms with Gasteiger partial charge >= 0.3 is 0 Å². The molecule has 2 rings (SSSR count). The van der Waals surface area contributed by atoms with Gasteiger partial charge in [0, 0.05) is 10.5 Å². The van der Waals surface area contributed by atoms with E-state index in [1.54, 1.807) is 6.07 Å². The van der Waals surface area contributed by atoms with Crippen molar-refractivity contribution in [2.75, 3.05) is 0 Å². The minimum atomic E-state index is -0.597. The number of aryl methyl sites for hydroxylation is 1. The molecule has 0 aliphatic rings. The van der Waals surface area contributed by atoms with Gasteiger partial charge in [-0.1, -0.05) is 15.9 Å². The minimum Gasteiger partial charge on any atom is -0.489 e. The van der Waals surface area contributed by atoms with Crippen molar-refractivity contribution in [1.82, 2.24) is 0 Å². The summed E-state index contributed by atoms with van der Waals surface area (Å²) in [6, 6.07) is 8.89. The second-order valence-electron chi connectivity index (χ2n) is 3.98. The number of halogens is 3. The van der Waals surface area contributed by atoms with E-state index in [1.165, 1.54) is 12.1 Å². The van der Waals surface area contributed by atoms with Crippen LogP contribution < -0.4 is 4.74 Å². The second-order valence-corrected chi connectivity index (χ2v) is 4.83. The van der Waals surface area contributed by atoms with Crippen molar-refractivity contribution >= 4 is 15.9 Å². The Kier molecular flexibility index (Phi) is 3.97. The van der Waals surface area contributed by atoms with E-state index in [0.717, 1.165) is 16.1 Å². The lowest BCUT2D eigenvalue weighted by molar-refractivity contribution is 0.304. The van der Waals surface area contributed by atoms with Gasteiger partial charge < -0.3 is 4.74 Å². The van der Waals surface area contributed by atoms with Crippen molar-refractivity contribution in [2.45, 2.75) is 13.5 Å². The van der Waals surface area contributed by atoms with Crippen molar-refractivity contribution in [3.8, 4) is 5.75 Å². The second kappa shape index (κ2) is 5.48. The van der Waals surface area contributed by atoms with Crippen LogP contribution >= 0.6 is 15.9 Å². The Morgan fingerprint density at radius 2 is 1.72 bits per heavy atom. The third-order valence-electron chi connectivity index (χ3n) is 2.46. The Balaban J connectivity index is 2.08. The summed E-state index contributed by atoms with van der Waals surface area (Å²) in [6.07, 6.45) is 0. The van der Waals surface area contributed by atoms with Gasteiger partial charge in [-0.05, 0) is 48.4 Å². The van der Waals surface area contributed by atoms with Gasteiger partial charge in [0.05, 0.1) is 0 Å². The average molecular weight is 313 g/mol. The molecule has 0 radical (unpaired) electrons. The highest BCUT2D eigenvalue weighted by Gasteiger charge is 2.03. The Morgan fingerprint density at radius 3 is 2.33 bits per heavy atom. The molecule has 0 heterocycles. The maximum atomic E-state index is 13.0. The molecule has 0 saturated heterocycles. The molecule has 0 amide bonds. The third-order valence-corrected chi connectivity index (χ3v) is 3.35. The first kappa shape index (κ1) is 13.0. The maximum Gasteiger partial charge on any atom is 0.126 e. The molecule has 4 heteroatoms. The van der Waals surface area contributed by atoms with E-state index in [4.69, 9.17) is 4.74 Å². The molecular weight excluding hydrogens is 302 g/mol. The highest BCUT2D eigenvalue weighted by atomic mass is 79.9. The highest BCUT2D eigenvalue weighted by Crippen LogP contribution is 2.22. The van der Waals surface area contributed by atoms with Gasteiger partial charge in [-0.25, -0.2) is 8.78 Å². The van der Waals surface area contributed by atoms with Crippen molar-refractivity contribution in [1.29, 1.82) is 0 Å². The monoisotopic (exact) mass is 312 g/mol. The summed E-state index contributed by atoms with van der Waals surface area (Å²) in [7, 11) is 0. The van der Waals surface area contributed by atoms with E-state index < -0.39 is 11.6 Å². The smallest absolute Gasteiger partial charge is 0.126 e. The first-order valence-corrected chi connectivity index (χ1v) is 6.18. The SMILES string of the molecule is Cc1cc(OCc2cc(F)cc(F)c2)ccc1Br. The van der Waals surface area contributed by atoms with E-state index in [9.17, 15) is 8.78 Å². The molecule has 0 N–H and O–H groups in total. The largest absolute Gasteiger partial charge is 0.489 e. The zero-order valence-corrected chi connectivity index (χ0v) is 11.3. The van der Waals surface area contributed by atoms with E-state index in [2.05, 4.69) is 15.9 Å². The van der Waals surface area contributed by atoms with E-state index >= 15 is 0 Å². The number of benzene rings is 2. The average Bonchev–Trinajstić information content (AvgIpc) is 2.29. The standard InChI is InChI=1S/C14H11BrF2O/c1-9-4-13(2-3-14(9)15)18-8-10-5-11(16)7-12(17)6-10/h2-7H,8H2,1H3. The predicted molar refractivity (Wildman–Crippen MR) is 69.6 cm³/mol. The molecule has 0 saturated carbocycles. The fraction of sp³-hybridized carbons (Fsp3) is 0.143. The molecule has 0 bridgehead atoms. The summed E-state index contributed by atoms with van der Waals surface area (Å²) in [5, 5.41) is 0. The van der Waals surface area contributed by atoms with E-state index in [0.29, 0.717) is 11.3 Å². The molecule has 0 fully saturated rings. The van der Waals surface area contributed by atoms with Gasteiger partial charge in [-0.2, -0.15) is 0 Å². The third kappa shape index (κ3) is 3.29. The quantitative estimate of drug-likeness (QED) is 0.804. The Morgan fingerprint density at radius 1 is 1.06 bits per heavy atom. The number of ether oxygens (including phenoxy) is 1. The van der Waals surface area contributed by atoms with Crippen LogP contribution in [-0.4, -0.2) is 0 Å². The van der Waals surface area contributed by atoms with Crippen LogP contribution in [0.2, 0.25) is 0 Å². The lowest BCUT2D eigenvalue weighted by Crippen LogP contribution is -1.97. The van der Waals surface area contributed by atoms with E-state index in [-0.39, 0.29) is 6.61 Å². The van der Waals surface area contributed by atoms with Crippen LogP contribution in [0, 0.1) is 18.6 Å². The summed E-state index contributed by atoms with van der Waals surface area (Å²) < 4.78 is 32.4. The molecular formula is C14H11BrF2O. The summed E-state index contributed by atoms with van der Waals surface area (Å²) >= 11 is 3.39. The molecule has 0 aliphatic heterocycles. The molecule has 2 aromatic carbocycles. The van der Waals surface area contributed by atoms with Crippen LogP contribution in [0.5, 0.6) is 5.75 Å². The topological polar surface area (TPSA) is 9.23 Å². The molecule has 2 aromatic rings. The zero-order chi connectivity index (χ0) is 13.1. The van der Waals surface area contributed by atoms with Crippen molar-refractivity contribution in [2.24, 2.45) is 0 Å². The maximum absolute atomic E-state index is 13.0. The minimum absolute atomic E-state index is 0.135. The zero-order valence-electron chi connectivity index (χ0n) is 9.71. The number of rotatable bonds is 3. The Bertz CT molecular complexity index is 549. The predicted octanol–water partition coefficient (Wildman–Crippen LogP) is 4.61. The molecule has 0 aromatic heterocycles. The molecule has 0 spiro atoms. The highest BCUT2D eigenvalue weighted by molar-refractivity contribution is 9.10. The summed E-state index contributed by atoms with van der Waals surface area (Å²) in [5.41, 5.74) is 1.51. The molecule has 94 valence electrons. The van der Waals surface area contributed by atoms with Crippen molar-refractivity contribution in [3.63, 3.8) is 0 Å². The van der Waals surface area contributed by atoms with Crippen molar-refractivity contribution < 1.29 is 13.5 Å². The summed E-state index contributed by atoms with van der Waals surface area (Å²) in [6.45, 7) is 2.08.